The van der Waals surface area contributed by atoms with Gasteiger partial charge in [0.15, 0.2) is 0 Å². The molecule has 0 aliphatic carbocycles. The summed E-state index contributed by atoms with van der Waals surface area (Å²) >= 11 is 7.57. The number of hydrogen-bond acceptors (Lipinski definition) is 4. The van der Waals surface area contributed by atoms with E-state index in [1.807, 2.05) is 41.1 Å². The van der Waals surface area contributed by atoms with E-state index in [0.29, 0.717) is 10.7 Å². The van der Waals surface area contributed by atoms with Gasteiger partial charge >= 0.3 is 0 Å². The Morgan fingerprint density at radius 3 is 2.89 bits per heavy atom. The van der Waals surface area contributed by atoms with Gasteiger partial charge in [-0.2, -0.15) is 0 Å². The summed E-state index contributed by atoms with van der Waals surface area (Å²) in [5, 5.41) is 1.63. The van der Waals surface area contributed by atoms with Crippen LogP contribution in [0, 0.1) is 0 Å². The molecule has 0 aliphatic rings. The van der Waals surface area contributed by atoms with E-state index in [9.17, 15) is 0 Å². The molecule has 0 radical (unpaired) electrons. The van der Waals surface area contributed by atoms with Gasteiger partial charge in [0, 0.05) is 18.1 Å². The molecule has 6 heteroatoms. The smallest absolute Gasteiger partial charge is 0.137 e. The normalized spacial score (nSPS) is 11.0. The third-order valence-corrected chi connectivity index (χ3v) is 3.79. The number of nitrogens with zero attached hydrogens (tertiary/aromatic N) is 3. The molecule has 0 saturated heterocycles. The van der Waals surface area contributed by atoms with E-state index in [2.05, 4.69) is 9.97 Å². The first-order valence-corrected chi connectivity index (χ1v) is 7.04. The van der Waals surface area contributed by atoms with Crippen LogP contribution in [-0.2, 0) is 5.75 Å². The predicted molar refractivity (Wildman–Crippen MR) is 78.4 cm³/mol. The number of pyridine rings is 2. The molecule has 0 amide bonds. The zero-order valence-electron chi connectivity index (χ0n) is 9.95. The van der Waals surface area contributed by atoms with Crippen molar-refractivity contribution in [2.45, 2.75) is 10.8 Å². The number of nitrogen functional groups attached to an aromatic ring is 1. The van der Waals surface area contributed by atoms with Gasteiger partial charge in [0.25, 0.3) is 0 Å². The Hall–Kier alpha value is -1.72. The molecule has 0 unspecified atom stereocenters. The van der Waals surface area contributed by atoms with E-state index in [-0.39, 0.29) is 0 Å². The highest BCUT2D eigenvalue weighted by Gasteiger charge is 2.03. The molecule has 0 saturated carbocycles. The second-order valence-corrected chi connectivity index (χ2v) is 5.50. The van der Waals surface area contributed by atoms with Crippen LogP contribution in [0.1, 0.15) is 5.69 Å². The summed E-state index contributed by atoms with van der Waals surface area (Å²) in [4.78, 5) is 8.76. The number of fused-ring (bicyclic) bond motifs is 1. The highest BCUT2D eigenvalue weighted by molar-refractivity contribution is 7.98. The van der Waals surface area contributed by atoms with Crippen molar-refractivity contribution < 1.29 is 0 Å². The molecular weight excluding hydrogens is 280 g/mol. The minimum atomic E-state index is 0.673. The van der Waals surface area contributed by atoms with Crippen LogP contribution in [0.5, 0.6) is 0 Å². The molecular formula is C13H11ClN4S. The van der Waals surface area contributed by atoms with Gasteiger partial charge in [0.05, 0.1) is 27.6 Å². The molecule has 0 aliphatic heterocycles. The Morgan fingerprint density at radius 1 is 1.21 bits per heavy atom. The number of hydrogen-bond donors (Lipinski definition) is 1. The van der Waals surface area contributed by atoms with Crippen LogP contribution in [0.4, 0.5) is 5.69 Å². The van der Waals surface area contributed by atoms with E-state index in [4.69, 9.17) is 17.3 Å². The second kappa shape index (κ2) is 5.11. The highest BCUT2D eigenvalue weighted by Crippen LogP contribution is 2.21. The van der Waals surface area contributed by atoms with Gasteiger partial charge in [-0.25, -0.2) is 9.97 Å². The molecule has 3 rings (SSSR count). The minimum Gasteiger partial charge on any atom is -0.397 e. The van der Waals surface area contributed by atoms with Crippen molar-refractivity contribution >= 4 is 34.7 Å². The van der Waals surface area contributed by atoms with Crippen LogP contribution >= 0.6 is 23.4 Å². The fraction of sp³-hybridized carbons (Fsp3) is 0.0769. The Balaban J connectivity index is 1.76. The second-order valence-electron chi connectivity index (χ2n) is 4.06. The fourth-order valence-electron chi connectivity index (χ4n) is 1.71. The lowest BCUT2D eigenvalue weighted by Gasteiger charge is -1.98. The van der Waals surface area contributed by atoms with Crippen LogP contribution in [0.3, 0.4) is 0 Å². The molecule has 3 heterocycles. The molecule has 2 N–H and O–H groups in total. The standard InChI is InChI=1S/C13H11ClN4S/c14-9-1-3-12-17-11(7-18(12)6-9)8-19-13-4-2-10(15)5-16-13/h1-7H,8,15H2. The molecule has 3 aromatic heterocycles. The largest absolute Gasteiger partial charge is 0.397 e. The van der Waals surface area contributed by atoms with E-state index < -0.39 is 0 Å². The number of rotatable bonds is 3. The summed E-state index contributed by atoms with van der Waals surface area (Å²) in [5.41, 5.74) is 8.16. The van der Waals surface area contributed by atoms with Crippen molar-refractivity contribution in [3.05, 3.63) is 53.6 Å². The molecule has 4 nitrogen and oxygen atoms in total. The summed E-state index contributed by atoms with van der Waals surface area (Å²) in [7, 11) is 0. The summed E-state index contributed by atoms with van der Waals surface area (Å²) in [5.74, 6) is 0.760. The van der Waals surface area contributed by atoms with E-state index in [1.165, 1.54) is 0 Å². The lowest BCUT2D eigenvalue weighted by molar-refractivity contribution is 1.13. The number of imidazole rings is 1. The van der Waals surface area contributed by atoms with Gasteiger partial charge < -0.3 is 10.1 Å². The summed E-state index contributed by atoms with van der Waals surface area (Å²) in [6, 6.07) is 7.49. The van der Waals surface area contributed by atoms with Crippen LogP contribution < -0.4 is 5.73 Å². The number of aromatic nitrogens is 3. The lowest BCUT2D eigenvalue weighted by Crippen LogP contribution is -1.87. The van der Waals surface area contributed by atoms with Gasteiger partial charge in [-0.15, -0.1) is 0 Å². The summed E-state index contributed by atoms with van der Waals surface area (Å²) < 4.78 is 1.93. The maximum absolute atomic E-state index is 5.94. The Bertz CT molecular complexity index is 708. The maximum atomic E-state index is 5.94. The first kappa shape index (κ1) is 12.3. The monoisotopic (exact) mass is 290 g/mol. The van der Waals surface area contributed by atoms with Crippen molar-refractivity contribution in [3.8, 4) is 0 Å². The van der Waals surface area contributed by atoms with Crippen LogP contribution in [0.2, 0.25) is 5.02 Å². The quantitative estimate of drug-likeness (QED) is 0.752. The predicted octanol–water partition coefficient (Wildman–Crippen LogP) is 3.26. The number of anilines is 1. The van der Waals surface area contributed by atoms with Crippen molar-refractivity contribution in [1.29, 1.82) is 0 Å². The van der Waals surface area contributed by atoms with Crippen molar-refractivity contribution in [2.75, 3.05) is 5.73 Å². The molecule has 0 atom stereocenters. The average Bonchev–Trinajstić information content (AvgIpc) is 2.80. The zero-order chi connectivity index (χ0) is 13.2. The van der Waals surface area contributed by atoms with Crippen LogP contribution in [0.15, 0.2) is 47.9 Å². The topological polar surface area (TPSA) is 56.2 Å². The number of thioether (sulfide) groups is 1. The van der Waals surface area contributed by atoms with Gasteiger partial charge in [-0.05, 0) is 24.3 Å². The fourth-order valence-corrected chi connectivity index (χ4v) is 2.61. The van der Waals surface area contributed by atoms with Crippen molar-refractivity contribution in [1.82, 2.24) is 14.4 Å². The molecule has 3 aromatic rings. The molecule has 0 fully saturated rings. The lowest BCUT2D eigenvalue weighted by atomic mass is 10.4. The van der Waals surface area contributed by atoms with Crippen molar-refractivity contribution in [2.24, 2.45) is 0 Å². The van der Waals surface area contributed by atoms with Crippen molar-refractivity contribution in [3.63, 3.8) is 0 Å². The summed E-state index contributed by atoms with van der Waals surface area (Å²) in [6.45, 7) is 0. The molecule has 0 bridgehead atoms. The molecule has 0 aromatic carbocycles. The third-order valence-electron chi connectivity index (χ3n) is 2.59. The Morgan fingerprint density at radius 2 is 2.11 bits per heavy atom. The highest BCUT2D eigenvalue weighted by atomic mass is 35.5. The van der Waals surface area contributed by atoms with Gasteiger partial charge in [-0.1, -0.05) is 23.4 Å². The van der Waals surface area contributed by atoms with Gasteiger partial charge in [0.2, 0.25) is 0 Å². The maximum Gasteiger partial charge on any atom is 0.137 e. The number of halogens is 1. The average molecular weight is 291 g/mol. The molecule has 19 heavy (non-hydrogen) atoms. The van der Waals surface area contributed by atoms with Crippen LogP contribution in [0.25, 0.3) is 5.65 Å². The van der Waals surface area contributed by atoms with Gasteiger partial charge in [0.1, 0.15) is 5.65 Å². The van der Waals surface area contributed by atoms with Crippen LogP contribution in [-0.4, -0.2) is 14.4 Å². The van der Waals surface area contributed by atoms with E-state index in [1.54, 1.807) is 18.0 Å². The SMILES string of the molecule is Nc1ccc(SCc2cn3cc(Cl)ccc3n2)nc1. The third kappa shape index (κ3) is 2.83. The van der Waals surface area contributed by atoms with E-state index >= 15 is 0 Å². The first-order chi connectivity index (χ1) is 9.20. The van der Waals surface area contributed by atoms with Gasteiger partial charge in [-0.3, -0.25) is 0 Å². The Kier molecular flexibility index (Phi) is 3.31. The molecule has 96 valence electrons. The minimum absolute atomic E-state index is 0.673. The summed E-state index contributed by atoms with van der Waals surface area (Å²) in [6.07, 6.45) is 5.48. The van der Waals surface area contributed by atoms with E-state index in [0.717, 1.165) is 22.1 Å². The molecule has 0 spiro atoms. The number of nitrogens with two attached hydrogens (primary N) is 1. The zero-order valence-corrected chi connectivity index (χ0v) is 11.5. The Labute approximate surface area is 119 Å². The first-order valence-electron chi connectivity index (χ1n) is 5.68.